The molecule has 0 aliphatic carbocycles. The number of aromatic amines is 1. The fourth-order valence-corrected chi connectivity index (χ4v) is 1.59. The summed E-state index contributed by atoms with van der Waals surface area (Å²) in [4.78, 5) is 7.14. The van der Waals surface area contributed by atoms with Crippen LogP contribution in [0.25, 0.3) is 0 Å². The van der Waals surface area contributed by atoms with Crippen LogP contribution in [0.15, 0.2) is 24.5 Å². The molecule has 0 aliphatic rings. The number of halogens is 1. The Morgan fingerprint density at radius 2 is 2.19 bits per heavy atom. The van der Waals surface area contributed by atoms with Crippen molar-refractivity contribution in [1.82, 2.24) is 9.97 Å². The lowest BCUT2D eigenvalue weighted by Crippen LogP contribution is -2.04. The van der Waals surface area contributed by atoms with Crippen LogP contribution in [0.1, 0.15) is 17.0 Å². The number of aryl methyl sites for hydroxylation is 2. The second-order valence-electron chi connectivity index (χ2n) is 3.76. The van der Waals surface area contributed by atoms with Gasteiger partial charge in [-0.05, 0) is 25.5 Å². The quantitative estimate of drug-likeness (QED) is 0.833. The first-order valence-electron chi connectivity index (χ1n) is 5.16. The fourth-order valence-electron chi connectivity index (χ4n) is 1.59. The maximum absolute atomic E-state index is 13.5. The van der Waals surface area contributed by atoms with Crippen molar-refractivity contribution in [2.75, 3.05) is 5.32 Å². The van der Waals surface area contributed by atoms with Gasteiger partial charge in [0.15, 0.2) is 0 Å². The predicted molar refractivity (Wildman–Crippen MR) is 61.8 cm³/mol. The molecule has 0 atom stereocenters. The number of H-pyrrole nitrogens is 1. The van der Waals surface area contributed by atoms with E-state index in [0.29, 0.717) is 12.2 Å². The first-order valence-corrected chi connectivity index (χ1v) is 5.16. The van der Waals surface area contributed by atoms with Crippen LogP contribution in [0.3, 0.4) is 0 Å². The summed E-state index contributed by atoms with van der Waals surface area (Å²) in [6, 6.07) is 5.03. The molecule has 0 fully saturated rings. The van der Waals surface area contributed by atoms with Crippen LogP contribution in [0.5, 0.6) is 0 Å². The molecule has 1 heterocycles. The monoisotopic (exact) mass is 219 g/mol. The Labute approximate surface area is 93.7 Å². The third kappa shape index (κ3) is 2.05. The van der Waals surface area contributed by atoms with Gasteiger partial charge < -0.3 is 10.3 Å². The Balaban J connectivity index is 2.14. The third-order valence-electron chi connectivity index (χ3n) is 2.59. The van der Waals surface area contributed by atoms with Crippen molar-refractivity contribution in [2.45, 2.75) is 20.4 Å². The van der Waals surface area contributed by atoms with Gasteiger partial charge in [-0.25, -0.2) is 9.37 Å². The molecule has 2 rings (SSSR count). The molecule has 0 unspecified atom stereocenters. The summed E-state index contributed by atoms with van der Waals surface area (Å²) >= 11 is 0. The Kier molecular flexibility index (Phi) is 2.90. The van der Waals surface area contributed by atoms with E-state index in [1.54, 1.807) is 12.4 Å². The number of anilines is 1. The molecule has 4 heteroatoms. The van der Waals surface area contributed by atoms with E-state index in [1.165, 1.54) is 6.07 Å². The van der Waals surface area contributed by atoms with Gasteiger partial charge in [0.2, 0.25) is 0 Å². The highest BCUT2D eigenvalue weighted by atomic mass is 19.1. The number of nitrogens with one attached hydrogen (secondary N) is 2. The second kappa shape index (κ2) is 4.35. The first kappa shape index (κ1) is 10.7. The standard InChI is InChI=1S/C12H14FN3/c1-8-4-3-5-10(13)12(8)14-6-11-9(2)15-7-16-11/h3-5,7,14H,6H2,1-2H3,(H,15,16). The van der Waals surface area contributed by atoms with E-state index in [0.717, 1.165) is 17.0 Å². The molecule has 84 valence electrons. The van der Waals surface area contributed by atoms with Gasteiger partial charge in [-0.3, -0.25) is 0 Å². The van der Waals surface area contributed by atoms with Crippen molar-refractivity contribution in [1.29, 1.82) is 0 Å². The van der Waals surface area contributed by atoms with Gasteiger partial charge in [-0.2, -0.15) is 0 Å². The zero-order valence-electron chi connectivity index (χ0n) is 9.34. The maximum Gasteiger partial charge on any atom is 0.146 e. The molecule has 2 aromatic rings. The highest BCUT2D eigenvalue weighted by Gasteiger charge is 2.06. The number of aromatic nitrogens is 2. The average Bonchev–Trinajstić information content (AvgIpc) is 2.64. The minimum atomic E-state index is -0.229. The Morgan fingerprint density at radius 1 is 1.38 bits per heavy atom. The van der Waals surface area contributed by atoms with E-state index in [9.17, 15) is 4.39 Å². The topological polar surface area (TPSA) is 40.7 Å². The Morgan fingerprint density at radius 3 is 2.81 bits per heavy atom. The summed E-state index contributed by atoms with van der Waals surface area (Å²) in [6.45, 7) is 4.35. The first-order chi connectivity index (χ1) is 7.68. The van der Waals surface area contributed by atoms with Crippen molar-refractivity contribution in [3.8, 4) is 0 Å². The van der Waals surface area contributed by atoms with Crippen LogP contribution in [-0.4, -0.2) is 9.97 Å². The van der Waals surface area contributed by atoms with Gasteiger partial charge in [0.1, 0.15) is 5.82 Å². The van der Waals surface area contributed by atoms with Gasteiger partial charge in [0.25, 0.3) is 0 Å². The molecule has 0 spiro atoms. The minimum Gasteiger partial charge on any atom is -0.377 e. The van der Waals surface area contributed by atoms with Gasteiger partial charge in [0, 0.05) is 5.69 Å². The molecule has 0 bridgehead atoms. The lowest BCUT2D eigenvalue weighted by molar-refractivity contribution is 0.629. The summed E-state index contributed by atoms with van der Waals surface area (Å²) in [6.07, 6.45) is 1.64. The van der Waals surface area contributed by atoms with Gasteiger partial charge >= 0.3 is 0 Å². The average molecular weight is 219 g/mol. The molecule has 3 nitrogen and oxygen atoms in total. The van der Waals surface area contributed by atoms with Crippen LogP contribution in [0, 0.1) is 19.7 Å². The van der Waals surface area contributed by atoms with Crippen LogP contribution < -0.4 is 5.32 Å². The highest BCUT2D eigenvalue weighted by Crippen LogP contribution is 2.19. The molecule has 0 radical (unpaired) electrons. The van der Waals surface area contributed by atoms with Crippen molar-refractivity contribution in [2.24, 2.45) is 0 Å². The smallest absolute Gasteiger partial charge is 0.146 e. The lowest BCUT2D eigenvalue weighted by Gasteiger charge is -2.09. The number of hydrogen-bond donors (Lipinski definition) is 2. The van der Waals surface area contributed by atoms with Crippen molar-refractivity contribution < 1.29 is 4.39 Å². The second-order valence-corrected chi connectivity index (χ2v) is 3.76. The van der Waals surface area contributed by atoms with Gasteiger partial charge in [-0.1, -0.05) is 12.1 Å². The zero-order chi connectivity index (χ0) is 11.5. The third-order valence-corrected chi connectivity index (χ3v) is 2.59. The number of hydrogen-bond acceptors (Lipinski definition) is 2. The van der Waals surface area contributed by atoms with Crippen molar-refractivity contribution >= 4 is 5.69 Å². The lowest BCUT2D eigenvalue weighted by atomic mass is 10.2. The summed E-state index contributed by atoms with van der Waals surface area (Å²) in [5, 5.41) is 3.07. The van der Waals surface area contributed by atoms with E-state index < -0.39 is 0 Å². The number of nitrogens with zero attached hydrogens (tertiary/aromatic N) is 1. The summed E-state index contributed by atoms with van der Waals surface area (Å²) < 4.78 is 13.5. The normalized spacial score (nSPS) is 10.4. The SMILES string of the molecule is Cc1cccc(F)c1NCc1nc[nH]c1C. The van der Waals surface area contributed by atoms with Crippen LogP contribution in [0.4, 0.5) is 10.1 Å². The molecular weight excluding hydrogens is 205 g/mol. The maximum atomic E-state index is 13.5. The Hall–Kier alpha value is -1.84. The van der Waals surface area contributed by atoms with E-state index in [2.05, 4.69) is 15.3 Å². The van der Waals surface area contributed by atoms with E-state index >= 15 is 0 Å². The molecule has 0 aliphatic heterocycles. The van der Waals surface area contributed by atoms with Crippen molar-refractivity contribution in [3.05, 3.63) is 47.3 Å². The summed E-state index contributed by atoms with van der Waals surface area (Å²) in [7, 11) is 0. The molecule has 0 saturated heterocycles. The Bertz CT molecular complexity index is 471. The number of para-hydroxylation sites is 1. The minimum absolute atomic E-state index is 0.229. The van der Waals surface area contributed by atoms with Gasteiger partial charge in [0.05, 0.1) is 24.3 Å². The molecular formula is C12H14FN3. The largest absolute Gasteiger partial charge is 0.377 e. The number of rotatable bonds is 3. The van der Waals surface area contributed by atoms with E-state index in [1.807, 2.05) is 19.9 Å². The molecule has 0 amide bonds. The van der Waals surface area contributed by atoms with Crippen LogP contribution >= 0.6 is 0 Å². The summed E-state index contributed by atoms with van der Waals surface area (Å²) in [5.41, 5.74) is 3.35. The molecule has 1 aromatic carbocycles. The molecule has 16 heavy (non-hydrogen) atoms. The number of imidazole rings is 1. The fraction of sp³-hybridized carbons (Fsp3) is 0.250. The molecule has 1 aromatic heterocycles. The number of benzene rings is 1. The van der Waals surface area contributed by atoms with Crippen LogP contribution in [-0.2, 0) is 6.54 Å². The highest BCUT2D eigenvalue weighted by molar-refractivity contribution is 5.51. The van der Waals surface area contributed by atoms with Crippen molar-refractivity contribution in [3.63, 3.8) is 0 Å². The molecule has 2 N–H and O–H groups in total. The zero-order valence-corrected chi connectivity index (χ0v) is 9.34. The van der Waals surface area contributed by atoms with E-state index in [-0.39, 0.29) is 5.82 Å². The molecule has 0 saturated carbocycles. The van der Waals surface area contributed by atoms with E-state index in [4.69, 9.17) is 0 Å². The van der Waals surface area contributed by atoms with Crippen LogP contribution in [0.2, 0.25) is 0 Å². The predicted octanol–water partition coefficient (Wildman–Crippen LogP) is 2.78. The summed E-state index contributed by atoms with van der Waals surface area (Å²) in [5.74, 6) is -0.229. The van der Waals surface area contributed by atoms with Gasteiger partial charge in [-0.15, -0.1) is 0 Å².